The maximum Gasteiger partial charge on any atom is 0.237 e. The molecule has 1 aromatic heterocycles. The van der Waals surface area contributed by atoms with Crippen molar-refractivity contribution < 1.29 is 4.79 Å². The highest BCUT2D eigenvalue weighted by molar-refractivity contribution is 5.81. The van der Waals surface area contributed by atoms with Crippen LogP contribution in [0.15, 0.2) is 24.3 Å². The van der Waals surface area contributed by atoms with Crippen LogP contribution >= 0.6 is 0 Å². The minimum Gasteiger partial charge on any atom is -0.354 e. The second kappa shape index (κ2) is 8.67. The topological polar surface area (TPSA) is 50.2 Å². The van der Waals surface area contributed by atoms with Gasteiger partial charge >= 0.3 is 0 Å². The van der Waals surface area contributed by atoms with Crippen molar-refractivity contribution in [3.63, 3.8) is 0 Å². The Balaban J connectivity index is 1.59. The maximum absolute atomic E-state index is 12.6. The molecule has 0 unspecified atom stereocenters. The zero-order chi connectivity index (χ0) is 18.5. The van der Waals surface area contributed by atoms with E-state index >= 15 is 0 Å². The molecule has 1 aromatic carbocycles. The average Bonchev–Trinajstić information content (AvgIpc) is 3.03. The summed E-state index contributed by atoms with van der Waals surface area (Å²) in [7, 11) is 2.00. The molecule has 1 heterocycles. The summed E-state index contributed by atoms with van der Waals surface area (Å²) in [6, 6.07) is 8.06. The normalized spacial score (nSPS) is 16.9. The number of fused-ring (bicyclic) bond motifs is 1. The van der Waals surface area contributed by atoms with E-state index in [4.69, 9.17) is 4.98 Å². The minimum absolute atomic E-state index is 0.122. The summed E-state index contributed by atoms with van der Waals surface area (Å²) in [4.78, 5) is 19.4. The zero-order valence-electron chi connectivity index (χ0n) is 16.4. The lowest BCUT2D eigenvalue weighted by atomic mass is 9.89. The molecule has 5 nitrogen and oxygen atoms in total. The van der Waals surface area contributed by atoms with Gasteiger partial charge in [0.1, 0.15) is 5.82 Å². The van der Waals surface area contributed by atoms with Crippen LogP contribution < -0.4 is 5.32 Å². The number of aryl methyl sites for hydroxylation is 1. The Morgan fingerprint density at radius 3 is 2.77 bits per heavy atom. The Labute approximate surface area is 156 Å². The van der Waals surface area contributed by atoms with Gasteiger partial charge in [0, 0.05) is 13.1 Å². The smallest absolute Gasteiger partial charge is 0.237 e. The molecule has 26 heavy (non-hydrogen) atoms. The number of hydrogen-bond donors (Lipinski definition) is 1. The van der Waals surface area contributed by atoms with Crippen LogP contribution in [0.5, 0.6) is 0 Å². The first-order valence-electron chi connectivity index (χ1n) is 10.0. The largest absolute Gasteiger partial charge is 0.354 e. The van der Waals surface area contributed by atoms with Crippen LogP contribution in [0.4, 0.5) is 0 Å². The molecule has 1 aliphatic rings. The highest BCUT2D eigenvalue weighted by atomic mass is 16.2. The van der Waals surface area contributed by atoms with Gasteiger partial charge in [0.05, 0.1) is 23.6 Å². The molecule has 0 radical (unpaired) electrons. The van der Waals surface area contributed by atoms with E-state index in [1.54, 1.807) is 0 Å². The van der Waals surface area contributed by atoms with Gasteiger partial charge in [0.15, 0.2) is 0 Å². The van der Waals surface area contributed by atoms with Crippen molar-refractivity contribution >= 4 is 16.9 Å². The standard InChI is InChI=1S/C21H32N4O/c1-4-25-19-13-9-8-12-18(19)23-20(25)15-24(3)16(2)21(26)22-14-17-10-6-5-7-11-17/h8-9,12-13,16-17H,4-7,10-11,14-15H2,1-3H3,(H,22,26)/t16-/m0/s1. The molecule has 0 bridgehead atoms. The van der Waals surface area contributed by atoms with E-state index in [-0.39, 0.29) is 11.9 Å². The third-order valence-corrected chi connectivity index (χ3v) is 5.77. The molecule has 1 N–H and O–H groups in total. The number of nitrogens with zero attached hydrogens (tertiary/aromatic N) is 3. The Morgan fingerprint density at radius 1 is 1.31 bits per heavy atom. The van der Waals surface area contributed by atoms with Crippen molar-refractivity contribution in [1.82, 2.24) is 19.8 Å². The van der Waals surface area contributed by atoms with Crippen molar-refractivity contribution in [2.45, 2.75) is 65.1 Å². The lowest BCUT2D eigenvalue weighted by molar-refractivity contribution is -0.125. The molecule has 0 spiro atoms. The third-order valence-electron chi connectivity index (χ3n) is 5.77. The first kappa shape index (κ1) is 18.9. The second-order valence-corrected chi connectivity index (χ2v) is 7.60. The van der Waals surface area contributed by atoms with E-state index in [9.17, 15) is 4.79 Å². The zero-order valence-corrected chi connectivity index (χ0v) is 16.4. The molecular weight excluding hydrogens is 324 g/mol. The minimum atomic E-state index is -0.163. The van der Waals surface area contributed by atoms with Crippen molar-refractivity contribution in [3.05, 3.63) is 30.1 Å². The average molecular weight is 357 g/mol. The van der Waals surface area contributed by atoms with Crippen molar-refractivity contribution in [3.8, 4) is 0 Å². The Bertz CT molecular complexity index is 733. The van der Waals surface area contributed by atoms with Gasteiger partial charge in [0.25, 0.3) is 0 Å². The number of aromatic nitrogens is 2. The van der Waals surface area contributed by atoms with Gasteiger partial charge in [-0.2, -0.15) is 0 Å². The third kappa shape index (κ3) is 4.26. The van der Waals surface area contributed by atoms with Crippen molar-refractivity contribution in [2.24, 2.45) is 5.92 Å². The number of para-hydroxylation sites is 2. The number of amides is 1. The molecular formula is C21H32N4O. The molecule has 1 saturated carbocycles. The van der Waals surface area contributed by atoms with Crippen LogP contribution in [0, 0.1) is 5.92 Å². The lowest BCUT2D eigenvalue weighted by Crippen LogP contribution is -2.44. The van der Waals surface area contributed by atoms with Gasteiger partial charge in [-0.3, -0.25) is 9.69 Å². The van der Waals surface area contributed by atoms with Crippen LogP contribution in [-0.2, 0) is 17.9 Å². The van der Waals surface area contributed by atoms with Crippen LogP contribution in [0.25, 0.3) is 11.0 Å². The summed E-state index contributed by atoms with van der Waals surface area (Å²) in [6.45, 7) is 6.49. The number of carbonyl (C=O) groups is 1. The van der Waals surface area contributed by atoms with E-state index in [0.717, 1.165) is 29.9 Å². The molecule has 0 aliphatic heterocycles. The molecule has 1 aliphatic carbocycles. The van der Waals surface area contributed by atoms with Crippen molar-refractivity contribution in [1.29, 1.82) is 0 Å². The number of rotatable bonds is 7. The molecule has 5 heteroatoms. The Morgan fingerprint density at radius 2 is 2.04 bits per heavy atom. The number of carbonyl (C=O) groups excluding carboxylic acids is 1. The number of benzene rings is 1. The molecule has 2 aromatic rings. The van der Waals surface area contributed by atoms with Crippen LogP contribution in [0.1, 0.15) is 51.8 Å². The predicted octanol–water partition coefficient (Wildman–Crippen LogP) is 3.57. The second-order valence-electron chi connectivity index (χ2n) is 7.60. The monoisotopic (exact) mass is 356 g/mol. The van der Waals surface area contributed by atoms with E-state index in [2.05, 4.69) is 27.8 Å². The number of hydrogen-bond acceptors (Lipinski definition) is 3. The molecule has 1 fully saturated rings. The molecule has 1 atom stereocenters. The number of imidazole rings is 1. The first-order valence-corrected chi connectivity index (χ1v) is 10.0. The summed E-state index contributed by atoms with van der Waals surface area (Å²) >= 11 is 0. The van der Waals surface area contributed by atoms with Gasteiger partial charge in [-0.15, -0.1) is 0 Å². The fourth-order valence-electron chi connectivity index (χ4n) is 3.94. The van der Waals surface area contributed by atoms with Crippen molar-refractivity contribution in [2.75, 3.05) is 13.6 Å². The Hall–Kier alpha value is -1.88. The van der Waals surface area contributed by atoms with E-state index < -0.39 is 0 Å². The SMILES string of the molecule is CCn1c(CN(C)[C@@H](C)C(=O)NCC2CCCCC2)nc2ccccc21. The predicted molar refractivity (Wildman–Crippen MR) is 106 cm³/mol. The fraction of sp³-hybridized carbons (Fsp3) is 0.619. The first-order chi connectivity index (χ1) is 12.6. The number of likely N-dealkylation sites (N-methyl/N-ethyl adjacent to an activating group) is 1. The maximum atomic E-state index is 12.6. The Kier molecular flexibility index (Phi) is 6.30. The lowest BCUT2D eigenvalue weighted by Gasteiger charge is -2.26. The highest BCUT2D eigenvalue weighted by Gasteiger charge is 2.22. The van der Waals surface area contributed by atoms with Gasteiger partial charge in [0.2, 0.25) is 5.91 Å². The molecule has 3 rings (SSSR count). The van der Waals surface area contributed by atoms with E-state index in [0.29, 0.717) is 12.5 Å². The quantitative estimate of drug-likeness (QED) is 0.825. The highest BCUT2D eigenvalue weighted by Crippen LogP contribution is 2.23. The molecule has 1 amide bonds. The van der Waals surface area contributed by atoms with Gasteiger partial charge in [-0.05, 0) is 51.8 Å². The fourth-order valence-corrected chi connectivity index (χ4v) is 3.94. The number of nitrogens with one attached hydrogen (secondary N) is 1. The van der Waals surface area contributed by atoms with Gasteiger partial charge < -0.3 is 9.88 Å². The van der Waals surface area contributed by atoms with E-state index in [1.165, 1.54) is 32.1 Å². The van der Waals surface area contributed by atoms with Crippen LogP contribution in [0.3, 0.4) is 0 Å². The van der Waals surface area contributed by atoms with Gasteiger partial charge in [-0.25, -0.2) is 4.98 Å². The van der Waals surface area contributed by atoms with Gasteiger partial charge in [-0.1, -0.05) is 31.4 Å². The molecule has 142 valence electrons. The summed E-state index contributed by atoms with van der Waals surface area (Å²) in [5, 5.41) is 3.17. The summed E-state index contributed by atoms with van der Waals surface area (Å²) in [6.07, 6.45) is 6.48. The summed E-state index contributed by atoms with van der Waals surface area (Å²) in [5.74, 6) is 1.80. The van der Waals surface area contributed by atoms with Crippen LogP contribution in [0.2, 0.25) is 0 Å². The molecule has 0 saturated heterocycles. The van der Waals surface area contributed by atoms with Crippen LogP contribution in [-0.4, -0.2) is 40.0 Å². The summed E-state index contributed by atoms with van der Waals surface area (Å²) < 4.78 is 2.23. The van der Waals surface area contributed by atoms with E-state index in [1.807, 2.05) is 32.2 Å². The summed E-state index contributed by atoms with van der Waals surface area (Å²) in [5.41, 5.74) is 2.18.